The van der Waals surface area contributed by atoms with Gasteiger partial charge >= 0.3 is 0 Å². The van der Waals surface area contributed by atoms with E-state index < -0.39 is 0 Å². The van der Waals surface area contributed by atoms with Crippen molar-refractivity contribution in [3.63, 3.8) is 0 Å². The third-order valence-corrected chi connectivity index (χ3v) is 4.16. The number of amides is 1. The number of rotatable bonds is 6. The number of hydrogen-bond donors (Lipinski definition) is 2. The van der Waals surface area contributed by atoms with Crippen molar-refractivity contribution in [2.45, 2.75) is 58.0 Å². The maximum Gasteiger partial charge on any atom is 0.221 e. The molecule has 0 aromatic heterocycles. The number of nitrogens with one attached hydrogen (secondary N) is 2. The Morgan fingerprint density at radius 2 is 2.20 bits per heavy atom. The predicted octanol–water partition coefficient (Wildman–Crippen LogP) is 2.96. The van der Waals surface area contributed by atoms with Gasteiger partial charge in [-0.15, -0.1) is 0 Å². The lowest BCUT2D eigenvalue weighted by atomic mass is 9.88. The minimum absolute atomic E-state index is 0.155. The second-order valence-electron chi connectivity index (χ2n) is 5.72. The number of benzene rings is 1. The fourth-order valence-corrected chi connectivity index (χ4v) is 2.75. The van der Waals surface area contributed by atoms with Crippen molar-refractivity contribution >= 4 is 5.91 Å². The molecule has 2 unspecified atom stereocenters. The summed E-state index contributed by atoms with van der Waals surface area (Å²) in [5, 5.41) is 6.55. The summed E-state index contributed by atoms with van der Waals surface area (Å²) >= 11 is 0. The first-order valence-corrected chi connectivity index (χ1v) is 7.81. The normalized spacial score (nSPS) is 19.2. The van der Waals surface area contributed by atoms with E-state index in [0.717, 1.165) is 32.2 Å². The van der Waals surface area contributed by atoms with Crippen molar-refractivity contribution in [2.24, 2.45) is 0 Å². The molecule has 0 fully saturated rings. The maximum absolute atomic E-state index is 12.0. The Hall–Kier alpha value is -1.35. The van der Waals surface area contributed by atoms with Gasteiger partial charge in [0.05, 0.1) is 6.04 Å². The zero-order valence-corrected chi connectivity index (χ0v) is 12.6. The van der Waals surface area contributed by atoms with Gasteiger partial charge in [0.1, 0.15) is 0 Å². The SMILES string of the molecule is CCC(C)NCCC(=O)NC1CCCc2ccccc21. The van der Waals surface area contributed by atoms with Gasteiger partial charge in [-0.05, 0) is 43.7 Å². The van der Waals surface area contributed by atoms with Crippen molar-refractivity contribution in [1.29, 1.82) is 0 Å². The molecule has 0 radical (unpaired) electrons. The molecule has 0 bridgehead atoms. The van der Waals surface area contributed by atoms with Crippen molar-refractivity contribution in [3.8, 4) is 0 Å². The Morgan fingerprint density at radius 1 is 1.40 bits per heavy atom. The zero-order chi connectivity index (χ0) is 14.4. The minimum Gasteiger partial charge on any atom is -0.349 e. The summed E-state index contributed by atoms with van der Waals surface area (Å²) in [4.78, 5) is 12.0. The predicted molar refractivity (Wildman–Crippen MR) is 82.6 cm³/mol. The van der Waals surface area contributed by atoms with Gasteiger partial charge in [-0.25, -0.2) is 0 Å². The van der Waals surface area contributed by atoms with Crippen LogP contribution in [0.5, 0.6) is 0 Å². The van der Waals surface area contributed by atoms with Gasteiger partial charge in [0.15, 0.2) is 0 Å². The minimum atomic E-state index is 0.155. The molecule has 2 atom stereocenters. The highest BCUT2D eigenvalue weighted by Crippen LogP contribution is 2.29. The summed E-state index contributed by atoms with van der Waals surface area (Å²) in [6.45, 7) is 5.06. The molecule has 1 amide bonds. The van der Waals surface area contributed by atoms with Crippen molar-refractivity contribution < 1.29 is 4.79 Å². The Kier molecular flexibility index (Phi) is 5.60. The van der Waals surface area contributed by atoms with Crippen LogP contribution in [-0.4, -0.2) is 18.5 Å². The monoisotopic (exact) mass is 274 g/mol. The molecule has 3 heteroatoms. The van der Waals surface area contributed by atoms with Gasteiger partial charge in [0.25, 0.3) is 0 Å². The zero-order valence-electron chi connectivity index (χ0n) is 12.6. The average molecular weight is 274 g/mol. The Labute approximate surface area is 122 Å². The largest absolute Gasteiger partial charge is 0.349 e. The summed E-state index contributed by atoms with van der Waals surface area (Å²) in [5.74, 6) is 0.155. The van der Waals surface area contributed by atoms with E-state index in [4.69, 9.17) is 0 Å². The molecule has 1 aromatic carbocycles. The van der Waals surface area contributed by atoms with Crippen LogP contribution in [0.2, 0.25) is 0 Å². The molecule has 0 saturated heterocycles. The first kappa shape index (κ1) is 15.0. The second-order valence-corrected chi connectivity index (χ2v) is 5.72. The molecule has 0 heterocycles. The average Bonchev–Trinajstić information content (AvgIpc) is 2.47. The number of aryl methyl sites for hydroxylation is 1. The number of carbonyl (C=O) groups is 1. The fraction of sp³-hybridized carbons (Fsp3) is 0.588. The van der Waals surface area contributed by atoms with E-state index in [0.29, 0.717) is 12.5 Å². The smallest absolute Gasteiger partial charge is 0.221 e. The Morgan fingerprint density at radius 3 is 3.00 bits per heavy atom. The van der Waals surface area contributed by atoms with Crippen molar-refractivity contribution in [2.75, 3.05) is 6.54 Å². The topological polar surface area (TPSA) is 41.1 Å². The van der Waals surface area contributed by atoms with Gasteiger partial charge in [0, 0.05) is 19.0 Å². The molecule has 110 valence electrons. The van der Waals surface area contributed by atoms with Crippen molar-refractivity contribution in [1.82, 2.24) is 10.6 Å². The van der Waals surface area contributed by atoms with Gasteiger partial charge in [-0.3, -0.25) is 4.79 Å². The molecule has 1 aliphatic rings. The van der Waals surface area contributed by atoms with E-state index in [2.05, 4.69) is 48.7 Å². The van der Waals surface area contributed by atoms with Gasteiger partial charge in [-0.1, -0.05) is 31.2 Å². The molecule has 3 nitrogen and oxygen atoms in total. The highest BCUT2D eigenvalue weighted by Gasteiger charge is 2.20. The van der Waals surface area contributed by atoms with Crippen LogP contribution in [0.25, 0.3) is 0 Å². The first-order chi connectivity index (χ1) is 9.70. The number of hydrogen-bond acceptors (Lipinski definition) is 2. The second kappa shape index (κ2) is 7.44. The fourth-order valence-electron chi connectivity index (χ4n) is 2.75. The van der Waals surface area contributed by atoms with Crippen LogP contribution in [0, 0.1) is 0 Å². The van der Waals surface area contributed by atoms with Crippen LogP contribution in [-0.2, 0) is 11.2 Å². The van der Waals surface area contributed by atoms with Gasteiger partial charge in [-0.2, -0.15) is 0 Å². The third-order valence-electron chi connectivity index (χ3n) is 4.16. The summed E-state index contributed by atoms with van der Waals surface area (Å²) in [6.07, 6.45) is 5.01. The van der Waals surface area contributed by atoms with E-state index in [-0.39, 0.29) is 11.9 Å². The summed E-state index contributed by atoms with van der Waals surface area (Å²) in [7, 11) is 0. The quantitative estimate of drug-likeness (QED) is 0.837. The molecule has 0 spiro atoms. The molecule has 2 N–H and O–H groups in total. The third kappa shape index (κ3) is 4.07. The highest BCUT2D eigenvalue weighted by atomic mass is 16.1. The van der Waals surface area contributed by atoms with Crippen LogP contribution >= 0.6 is 0 Å². The maximum atomic E-state index is 12.0. The van der Waals surface area contributed by atoms with Crippen LogP contribution in [0.4, 0.5) is 0 Å². The van der Waals surface area contributed by atoms with Crippen molar-refractivity contribution in [3.05, 3.63) is 35.4 Å². The molecule has 20 heavy (non-hydrogen) atoms. The van der Waals surface area contributed by atoms with Gasteiger partial charge < -0.3 is 10.6 Å². The van der Waals surface area contributed by atoms with Crippen LogP contribution in [0.3, 0.4) is 0 Å². The Bertz CT molecular complexity index is 444. The van der Waals surface area contributed by atoms with E-state index in [1.54, 1.807) is 0 Å². The lowest BCUT2D eigenvalue weighted by Crippen LogP contribution is -2.34. The van der Waals surface area contributed by atoms with Crippen LogP contribution in [0.15, 0.2) is 24.3 Å². The summed E-state index contributed by atoms with van der Waals surface area (Å²) in [5.41, 5.74) is 2.70. The van der Waals surface area contributed by atoms with Crippen LogP contribution < -0.4 is 10.6 Å². The molecule has 1 aliphatic carbocycles. The molecule has 0 aliphatic heterocycles. The van der Waals surface area contributed by atoms with Gasteiger partial charge in [0.2, 0.25) is 5.91 Å². The lowest BCUT2D eigenvalue weighted by Gasteiger charge is -2.26. The molecule has 2 rings (SSSR count). The highest BCUT2D eigenvalue weighted by molar-refractivity contribution is 5.76. The molecular weight excluding hydrogens is 248 g/mol. The summed E-state index contributed by atoms with van der Waals surface area (Å²) < 4.78 is 0. The van der Waals surface area contributed by atoms with E-state index in [1.165, 1.54) is 11.1 Å². The number of carbonyl (C=O) groups excluding carboxylic acids is 1. The lowest BCUT2D eigenvalue weighted by molar-refractivity contribution is -0.121. The molecule has 1 aromatic rings. The van der Waals surface area contributed by atoms with E-state index in [1.807, 2.05) is 0 Å². The standard InChI is InChI=1S/C17H26N2O/c1-3-13(2)18-12-11-17(20)19-16-10-6-8-14-7-4-5-9-15(14)16/h4-5,7,9,13,16,18H,3,6,8,10-12H2,1-2H3,(H,19,20). The Balaban J connectivity index is 1.83. The molecule has 0 saturated carbocycles. The molecular formula is C17H26N2O. The van der Waals surface area contributed by atoms with E-state index in [9.17, 15) is 4.79 Å². The van der Waals surface area contributed by atoms with Crippen LogP contribution in [0.1, 0.15) is 56.7 Å². The summed E-state index contributed by atoms with van der Waals surface area (Å²) in [6, 6.07) is 9.16. The van der Waals surface area contributed by atoms with E-state index >= 15 is 0 Å². The first-order valence-electron chi connectivity index (χ1n) is 7.81. The number of fused-ring (bicyclic) bond motifs is 1.